The standard InChI is InChI=1S/C18H24N2O3/c1-14-7-9-20(10-8-14)18(21)19-15-4-2-5-16(12-15)23-13-17-6-3-11-22-17/h2,4-5,7,12,17H,3,6,8-11,13H2,1H3,(H,19,21)/t17-/m0/s1. The molecule has 0 aliphatic carbocycles. The van der Waals surface area contributed by atoms with Gasteiger partial charge in [0.2, 0.25) is 0 Å². The maximum Gasteiger partial charge on any atom is 0.322 e. The third-order valence-electron chi connectivity index (χ3n) is 4.27. The number of carbonyl (C=O) groups excluding carboxylic acids is 1. The number of hydrogen-bond acceptors (Lipinski definition) is 3. The van der Waals surface area contributed by atoms with Gasteiger partial charge in [0.25, 0.3) is 0 Å². The largest absolute Gasteiger partial charge is 0.491 e. The highest BCUT2D eigenvalue weighted by atomic mass is 16.5. The van der Waals surface area contributed by atoms with E-state index in [-0.39, 0.29) is 12.1 Å². The molecule has 1 saturated heterocycles. The van der Waals surface area contributed by atoms with E-state index in [0.717, 1.165) is 43.9 Å². The van der Waals surface area contributed by atoms with Crippen LogP contribution in [-0.4, -0.2) is 43.3 Å². The minimum atomic E-state index is -0.0648. The van der Waals surface area contributed by atoms with Crippen molar-refractivity contribution < 1.29 is 14.3 Å². The third-order valence-corrected chi connectivity index (χ3v) is 4.27. The summed E-state index contributed by atoms with van der Waals surface area (Å²) in [5.41, 5.74) is 2.10. The molecule has 1 aromatic carbocycles. The van der Waals surface area contributed by atoms with Gasteiger partial charge < -0.3 is 19.7 Å². The zero-order valence-electron chi connectivity index (χ0n) is 13.6. The molecular formula is C18H24N2O3. The smallest absolute Gasteiger partial charge is 0.322 e. The van der Waals surface area contributed by atoms with Crippen LogP contribution in [0.25, 0.3) is 0 Å². The van der Waals surface area contributed by atoms with E-state index in [9.17, 15) is 4.79 Å². The van der Waals surface area contributed by atoms with E-state index in [2.05, 4.69) is 18.3 Å². The van der Waals surface area contributed by atoms with Gasteiger partial charge in [-0.25, -0.2) is 4.79 Å². The summed E-state index contributed by atoms with van der Waals surface area (Å²) >= 11 is 0. The fraction of sp³-hybridized carbons (Fsp3) is 0.500. The fourth-order valence-corrected chi connectivity index (χ4v) is 2.79. The molecule has 2 aliphatic rings. The number of amides is 2. The fourth-order valence-electron chi connectivity index (χ4n) is 2.79. The molecule has 23 heavy (non-hydrogen) atoms. The van der Waals surface area contributed by atoms with E-state index in [1.54, 1.807) is 0 Å². The quantitative estimate of drug-likeness (QED) is 0.866. The van der Waals surface area contributed by atoms with Gasteiger partial charge in [-0.05, 0) is 38.3 Å². The molecule has 0 unspecified atom stereocenters. The van der Waals surface area contributed by atoms with Gasteiger partial charge in [0, 0.05) is 31.5 Å². The summed E-state index contributed by atoms with van der Waals surface area (Å²) in [5.74, 6) is 0.757. The van der Waals surface area contributed by atoms with Crippen LogP contribution >= 0.6 is 0 Å². The second-order valence-corrected chi connectivity index (χ2v) is 6.15. The topological polar surface area (TPSA) is 50.8 Å². The Morgan fingerprint density at radius 2 is 2.39 bits per heavy atom. The average Bonchev–Trinajstić information content (AvgIpc) is 3.07. The lowest BCUT2D eigenvalue weighted by molar-refractivity contribution is 0.0680. The van der Waals surface area contributed by atoms with Crippen molar-refractivity contribution in [3.8, 4) is 5.75 Å². The van der Waals surface area contributed by atoms with E-state index in [1.165, 1.54) is 5.57 Å². The lowest BCUT2D eigenvalue weighted by atomic mass is 10.1. The lowest BCUT2D eigenvalue weighted by Gasteiger charge is -2.25. The van der Waals surface area contributed by atoms with Crippen molar-refractivity contribution in [2.75, 3.05) is 31.6 Å². The van der Waals surface area contributed by atoms with Crippen LogP contribution in [0.4, 0.5) is 10.5 Å². The Morgan fingerprint density at radius 1 is 1.48 bits per heavy atom. The predicted octanol–water partition coefficient (Wildman–Crippen LogP) is 3.43. The summed E-state index contributed by atoms with van der Waals surface area (Å²) in [7, 11) is 0. The molecule has 124 valence electrons. The van der Waals surface area contributed by atoms with E-state index in [4.69, 9.17) is 9.47 Å². The SMILES string of the molecule is CC1=CCN(C(=O)Nc2cccc(OC[C@@H]3CCCO3)c2)CC1. The lowest BCUT2D eigenvalue weighted by Crippen LogP contribution is -2.37. The first-order valence-electron chi connectivity index (χ1n) is 8.27. The number of benzene rings is 1. The molecule has 2 amide bonds. The molecule has 1 fully saturated rings. The zero-order chi connectivity index (χ0) is 16.1. The van der Waals surface area contributed by atoms with Gasteiger partial charge in [-0.15, -0.1) is 0 Å². The molecule has 3 rings (SSSR count). The van der Waals surface area contributed by atoms with Crippen molar-refractivity contribution in [2.24, 2.45) is 0 Å². The molecule has 1 N–H and O–H groups in total. The van der Waals surface area contributed by atoms with Crippen molar-refractivity contribution in [1.29, 1.82) is 0 Å². The summed E-state index contributed by atoms with van der Waals surface area (Å²) in [5, 5.41) is 2.94. The van der Waals surface area contributed by atoms with Gasteiger partial charge in [0.1, 0.15) is 12.4 Å². The predicted molar refractivity (Wildman–Crippen MR) is 89.9 cm³/mol. The summed E-state index contributed by atoms with van der Waals surface area (Å²) in [6.07, 6.45) is 5.39. The number of carbonyl (C=O) groups is 1. The van der Waals surface area contributed by atoms with Gasteiger partial charge in [0.15, 0.2) is 0 Å². The Labute approximate surface area is 137 Å². The number of ether oxygens (including phenoxy) is 2. The summed E-state index contributed by atoms with van der Waals surface area (Å²) in [6, 6.07) is 7.46. The molecule has 0 saturated carbocycles. The van der Waals surface area contributed by atoms with Gasteiger partial charge in [-0.3, -0.25) is 0 Å². The molecule has 1 aromatic rings. The number of rotatable bonds is 4. The van der Waals surface area contributed by atoms with Gasteiger partial charge >= 0.3 is 6.03 Å². The molecule has 0 radical (unpaired) electrons. The van der Waals surface area contributed by atoms with Gasteiger partial charge in [-0.1, -0.05) is 17.7 Å². The summed E-state index contributed by atoms with van der Waals surface area (Å²) < 4.78 is 11.3. The Kier molecular flexibility index (Phi) is 5.18. The van der Waals surface area contributed by atoms with Crippen LogP contribution in [0.1, 0.15) is 26.2 Å². The molecule has 0 aromatic heterocycles. The number of nitrogens with one attached hydrogen (secondary N) is 1. The molecule has 0 spiro atoms. The van der Waals surface area contributed by atoms with Crippen molar-refractivity contribution in [1.82, 2.24) is 4.90 Å². The van der Waals surface area contributed by atoms with Gasteiger partial charge in [0.05, 0.1) is 6.10 Å². The van der Waals surface area contributed by atoms with Crippen LogP contribution < -0.4 is 10.1 Å². The molecule has 1 atom stereocenters. The highest BCUT2D eigenvalue weighted by Crippen LogP contribution is 2.20. The number of urea groups is 1. The molecule has 2 heterocycles. The molecule has 0 bridgehead atoms. The first-order chi connectivity index (χ1) is 11.2. The zero-order valence-corrected chi connectivity index (χ0v) is 13.6. The van der Waals surface area contributed by atoms with Crippen LogP contribution in [0.5, 0.6) is 5.75 Å². The number of anilines is 1. The van der Waals surface area contributed by atoms with Crippen molar-refractivity contribution in [3.05, 3.63) is 35.9 Å². The normalized spacial score (nSPS) is 21.0. The molecular weight excluding hydrogens is 292 g/mol. The van der Waals surface area contributed by atoms with Crippen LogP contribution in [0.3, 0.4) is 0 Å². The van der Waals surface area contributed by atoms with Crippen LogP contribution in [-0.2, 0) is 4.74 Å². The number of hydrogen-bond donors (Lipinski definition) is 1. The van der Waals surface area contributed by atoms with Crippen LogP contribution in [0, 0.1) is 0 Å². The molecule has 5 nitrogen and oxygen atoms in total. The van der Waals surface area contributed by atoms with E-state index in [0.29, 0.717) is 13.2 Å². The van der Waals surface area contributed by atoms with Gasteiger partial charge in [-0.2, -0.15) is 0 Å². The monoisotopic (exact) mass is 316 g/mol. The summed E-state index contributed by atoms with van der Waals surface area (Å²) in [4.78, 5) is 14.1. The van der Waals surface area contributed by atoms with Crippen molar-refractivity contribution >= 4 is 11.7 Å². The maximum absolute atomic E-state index is 12.3. The van der Waals surface area contributed by atoms with E-state index >= 15 is 0 Å². The van der Waals surface area contributed by atoms with E-state index < -0.39 is 0 Å². The minimum Gasteiger partial charge on any atom is -0.491 e. The van der Waals surface area contributed by atoms with Crippen LogP contribution in [0.2, 0.25) is 0 Å². The second-order valence-electron chi connectivity index (χ2n) is 6.15. The van der Waals surface area contributed by atoms with Crippen molar-refractivity contribution in [3.63, 3.8) is 0 Å². The Morgan fingerprint density at radius 3 is 3.13 bits per heavy atom. The van der Waals surface area contributed by atoms with E-state index in [1.807, 2.05) is 29.2 Å². The van der Waals surface area contributed by atoms with Crippen molar-refractivity contribution in [2.45, 2.75) is 32.3 Å². The maximum atomic E-state index is 12.3. The summed E-state index contributed by atoms with van der Waals surface area (Å²) in [6.45, 7) is 4.93. The minimum absolute atomic E-state index is 0.0648. The first kappa shape index (κ1) is 15.9. The van der Waals surface area contributed by atoms with Crippen LogP contribution in [0.15, 0.2) is 35.9 Å². The Balaban J connectivity index is 1.53. The first-order valence-corrected chi connectivity index (χ1v) is 8.27. The third kappa shape index (κ3) is 4.48. The number of nitrogens with zero attached hydrogens (tertiary/aromatic N) is 1. The molecule has 5 heteroatoms. The Bertz CT molecular complexity index is 579. The molecule has 2 aliphatic heterocycles. The second kappa shape index (κ2) is 7.51. The Hall–Kier alpha value is -2.01. The highest BCUT2D eigenvalue weighted by molar-refractivity contribution is 5.89. The average molecular weight is 316 g/mol. The highest BCUT2D eigenvalue weighted by Gasteiger charge is 2.17.